The molecule has 11 aromatic heterocycles. The summed E-state index contributed by atoms with van der Waals surface area (Å²) >= 11 is 17.1. The maximum absolute atomic E-state index is 12.1. The Kier molecular flexibility index (Phi) is 45.5. The largest absolute Gasteiger partial charge is 0.507 e. The molecule has 2 unspecified atom stereocenters. The van der Waals surface area contributed by atoms with Gasteiger partial charge >= 0.3 is 8.12 Å². The number of aryl methyl sites for hydroxylation is 5. The number of pyridine rings is 6. The topological polar surface area (TPSA) is 324 Å². The molecule has 2 atom stereocenters. The van der Waals surface area contributed by atoms with Gasteiger partial charge < -0.3 is 29.1 Å². The number of ketones is 2. The van der Waals surface area contributed by atoms with Gasteiger partial charge in [0.2, 0.25) is 0 Å². The lowest BCUT2D eigenvalue weighted by Gasteiger charge is -2.32. The van der Waals surface area contributed by atoms with E-state index in [2.05, 4.69) is 255 Å². The van der Waals surface area contributed by atoms with E-state index < -0.39 is 27.3 Å². The summed E-state index contributed by atoms with van der Waals surface area (Å²) in [6.07, 6.45) is 6.74. The number of hydrogen-bond acceptors (Lipinski definition) is 24. The van der Waals surface area contributed by atoms with Gasteiger partial charge in [-0.3, -0.25) is 9.59 Å². The maximum Gasteiger partial charge on any atom is 0.350 e. The van der Waals surface area contributed by atoms with E-state index in [0.717, 1.165) is 87.1 Å². The summed E-state index contributed by atoms with van der Waals surface area (Å²) in [4.78, 5) is 54.8. The van der Waals surface area contributed by atoms with Crippen LogP contribution >= 0.6 is 104 Å². The van der Waals surface area contributed by atoms with E-state index in [1.165, 1.54) is 65.2 Å². The summed E-state index contributed by atoms with van der Waals surface area (Å²) in [6, 6.07) is 64.9. The Morgan fingerprint density at radius 3 is 1.24 bits per heavy atom. The number of carbonyl (C=O) groups is 2. The van der Waals surface area contributed by atoms with Crippen molar-refractivity contribution < 1.29 is 38.7 Å². The molecule has 6 aromatic carbocycles. The summed E-state index contributed by atoms with van der Waals surface area (Å²) in [5.74, 6) is 0.108. The third-order valence-corrected chi connectivity index (χ3v) is 32.5. The van der Waals surface area contributed by atoms with Crippen molar-refractivity contribution in [2.45, 2.75) is 173 Å². The number of Topliss-reactive ketones (excluding diaryl/α,β-unsaturated/α-hetero) is 2. The van der Waals surface area contributed by atoms with E-state index in [4.69, 9.17) is 34.3 Å². The Labute approximate surface area is 906 Å². The molecule has 747 valence electrons. The number of thiophene rings is 3. The Balaban J connectivity index is 0.000000210. The predicted molar refractivity (Wildman–Crippen MR) is 618 cm³/mol. The van der Waals surface area contributed by atoms with Crippen molar-refractivity contribution in [3.63, 3.8) is 0 Å². The molecule has 0 spiro atoms. The average molecular weight is 2340 g/mol. The van der Waals surface area contributed by atoms with Crippen LogP contribution in [0.1, 0.15) is 140 Å². The van der Waals surface area contributed by atoms with Gasteiger partial charge in [-0.05, 0) is 272 Å². The first-order valence-electron chi connectivity index (χ1n) is 46.2. The second-order valence-electron chi connectivity index (χ2n) is 37.5. The van der Waals surface area contributed by atoms with Crippen molar-refractivity contribution in [1.82, 2.24) is 59.9 Å². The van der Waals surface area contributed by atoms with Gasteiger partial charge in [-0.2, -0.15) is 43.1 Å². The molecular formula is C109H119B3Br3FIN16O7S3Si2. The Morgan fingerprint density at radius 2 is 0.862 bits per heavy atom. The number of nitrogens with zero attached hydrogens (tertiary/aromatic N) is 16. The molecule has 0 fully saturated rings. The average Bonchev–Trinajstić information content (AvgIpc) is 1.73. The minimum atomic E-state index is -1.35. The first-order valence-corrected chi connectivity index (χ1v) is 59.9. The highest BCUT2D eigenvalue weighted by atomic mass is 127. The van der Waals surface area contributed by atoms with Crippen molar-refractivity contribution in [2.24, 2.45) is 33.9 Å². The molecule has 145 heavy (non-hydrogen) atoms. The van der Waals surface area contributed by atoms with Crippen molar-refractivity contribution in [2.75, 3.05) is 19.8 Å². The van der Waals surface area contributed by atoms with Crippen molar-refractivity contribution >= 4 is 220 Å². The number of hydrogen-bond donors (Lipinski definition) is 3. The van der Waals surface area contributed by atoms with E-state index >= 15 is 0 Å². The highest BCUT2D eigenvalue weighted by Gasteiger charge is 2.42. The van der Waals surface area contributed by atoms with Crippen LogP contribution < -0.4 is 0 Å². The SMILES string of the molecule is C.C[Si](C)(C)CCOCn1ccnn1.Cc1ccc2nc(C#N)ccc2c1Br.Cc1ccc2nc(C(=O)C(C)C)ccc2c1-c1cccs1.Cc1ccc2nc(C(=O)C(C)C)ccc2c1Br.Cc1ccc2nc(C(O)(C3=CN=NC3)C(C)C)ccc2c1-c1cccs1.Cc1ccc2nc(C(O)(c3cnnn3COCC[Si](C)(C)C)C(C)C)ccc2c1-c1cccs1.N#Cc1ccc2c(Br)c(O)ccc2n1.[B].[B]F.[B]I. The minimum Gasteiger partial charge on any atom is -0.507 e. The van der Waals surface area contributed by atoms with Crippen LogP contribution in [0.4, 0.5) is 4.32 Å². The van der Waals surface area contributed by atoms with Gasteiger partial charge in [0, 0.05) is 134 Å². The second-order valence-corrected chi connectivity index (χ2v) is 54.0. The molecule has 0 saturated heterocycles. The van der Waals surface area contributed by atoms with E-state index in [1.54, 1.807) is 127 Å². The molecule has 0 aliphatic carbocycles. The van der Waals surface area contributed by atoms with Crippen molar-refractivity contribution in [1.29, 1.82) is 10.5 Å². The van der Waals surface area contributed by atoms with Crippen molar-refractivity contribution in [3.8, 4) is 49.2 Å². The van der Waals surface area contributed by atoms with Gasteiger partial charge in [0.1, 0.15) is 59.7 Å². The number of fused-ring (bicyclic) bond motifs is 6. The van der Waals surface area contributed by atoms with E-state index in [-0.39, 0.29) is 63.6 Å². The van der Waals surface area contributed by atoms with Crippen LogP contribution in [0.15, 0.2) is 252 Å². The van der Waals surface area contributed by atoms with Crippen LogP contribution in [0, 0.1) is 81.0 Å². The molecule has 0 saturated carbocycles. The highest BCUT2D eigenvalue weighted by Crippen LogP contribution is 2.44. The van der Waals surface area contributed by atoms with Gasteiger partial charge in [-0.15, -0.1) is 44.2 Å². The quantitative estimate of drug-likeness (QED) is 0.0232. The number of rotatable bonds is 23. The van der Waals surface area contributed by atoms with Crippen LogP contribution in [0.3, 0.4) is 0 Å². The van der Waals surface area contributed by atoms with Crippen LogP contribution in [-0.4, -0.2) is 145 Å². The van der Waals surface area contributed by atoms with Gasteiger partial charge in [-0.1, -0.05) is 173 Å². The third-order valence-electron chi connectivity index (χ3n) is 23.5. The molecule has 12 heterocycles. The molecule has 0 amide bonds. The zero-order valence-corrected chi connectivity index (χ0v) is 95.5. The molecule has 36 heteroatoms. The summed E-state index contributed by atoms with van der Waals surface area (Å²) in [5.41, 5.74) is 21.2. The van der Waals surface area contributed by atoms with Gasteiger partial charge in [0.05, 0.1) is 79.8 Å². The first-order chi connectivity index (χ1) is 68.2. The van der Waals surface area contributed by atoms with Gasteiger partial charge in [-0.25, -0.2) is 39.3 Å². The Hall–Kier alpha value is -10.8. The maximum atomic E-state index is 12.1. The number of nitriles is 2. The molecule has 7 radical (unpaired) electrons. The zero-order chi connectivity index (χ0) is 104. The van der Waals surface area contributed by atoms with E-state index in [1.807, 2.05) is 160 Å². The highest BCUT2D eigenvalue weighted by molar-refractivity contribution is 14.1. The zero-order valence-electron chi connectivity index (χ0n) is 84.1. The molecule has 18 rings (SSSR count). The number of carbonyl (C=O) groups excluding carboxylic acids is 2. The number of azo groups is 1. The number of phenolic OH excluding ortho intramolecular Hbond substituents is 1. The molecule has 1 aliphatic heterocycles. The van der Waals surface area contributed by atoms with Crippen LogP contribution in [0.2, 0.25) is 51.4 Å². The van der Waals surface area contributed by atoms with Crippen LogP contribution in [-0.2, 0) is 34.1 Å². The number of ether oxygens (including phenoxy) is 2. The number of aromatic nitrogens is 12. The Bertz CT molecular complexity index is 7300. The minimum absolute atomic E-state index is 0. The number of halogens is 5. The summed E-state index contributed by atoms with van der Waals surface area (Å²) < 4.78 is 26.4. The lowest BCUT2D eigenvalue weighted by Crippen LogP contribution is -2.37. The number of aromatic hydroxyl groups is 1. The third kappa shape index (κ3) is 30.5. The summed E-state index contributed by atoms with van der Waals surface area (Å²) in [5, 5.41) is 86.5. The fourth-order valence-corrected chi connectivity index (χ4v) is 20.8. The molecular weight excluding hydrogens is 2220 g/mol. The lowest BCUT2D eigenvalue weighted by atomic mass is 9.80. The van der Waals surface area contributed by atoms with Crippen molar-refractivity contribution in [3.05, 3.63) is 310 Å². The molecule has 1 aliphatic rings. The first kappa shape index (κ1) is 119. The fraction of sp³-hybridized carbons (Fsp3) is 0.303. The number of aliphatic hydroxyl groups is 2. The van der Waals surface area contributed by atoms with Gasteiger partial charge in [0.15, 0.2) is 22.9 Å². The predicted octanol–water partition coefficient (Wildman–Crippen LogP) is 28.9. The smallest absolute Gasteiger partial charge is 0.350 e. The van der Waals surface area contributed by atoms with Crippen LogP contribution in [0.25, 0.3) is 96.7 Å². The molecule has 3 N–H and O–H groups in total. The lowest BCUT2D eigenvalue weighted by molar-refractivity contribution is 0.00563. The summed E-state index contributed by atoms with van der Waals surface area (Å²) in [6.45, 7) is 42.7. The Morgan fingerprint density at radius 1 is 0.490 bits per heavy atom. The molecule has 17 aromatic rings. The van der Waals surface area contributed by atoms with Gasteiger partial charge in [0.25, 0.3) is 0 Å². The van der Waals surface area contributed by atoms with E-state index in [0.29, 0.717) is 69.7 Å². The monoisotopic (exact) mass is 2330 g/mol. The summed E-state index contributed by atoms with van der Waals surface area (Å²) in [7, 11) is 0.866. The number of benzene rings is 6. The second kappa shape index (κ2) is 55.3. The van der Waals surface area contributed by atoms with Crippen LogP contribution in [0.5, 0.6) is 5.75 Å². The fourth-order valence-electron chi connectivity index (χ4n) is 15.4. The standard InChI is InChI=1S/C26H34N4O2SSi.C21H21N3OS.C18H17NOS.C14H14BrNO.C11H7BrN2.C10H5BrN2O.C8H17N3OSi.CH4.BF.BI.B/c1-18(2)26(31,24-16-27-29-30(24)17-32-13-15-34(4,5)6)23-12-10-20-21(28-23)11-9-19(3)25(20)22-8-7-14-33-22;1-13(2)21(25,15-11-22-23-12-15)19-9-7-16-17(24-19)8-6-14(3)20(16)18-5-4-10-26-18;1-11(2)18(20)15-9-7-13-14(19-15)8-6-12(3)17(13)16-5-4-10-21-16;1-8(2)14(17)12-7-5-10-11(16-12)6-4-9(3)13(10)15;1-7-2-5-10-9(11(7)12)4-3-8(6-13)14-10;11-10-7-2-1-6(5-12)13-8(7)3-4-9(10)14;1-13(2,3)7-6-12-8-11-5-4-9-10-11;;2*1-2;/h7-12,14,16,18,31H,13,15,17H2,1-6H3;4-11,13,25H,12H2,1-3H3;4-11H,1-3H3;4-8H,1-3H3;2-5H,1H3;1-4,14H;4-5H,6-8H2,1-3H3;1H4;;;. The number of phenols is 1. The molecule has 23 nitrogen and oxygen atoms in total. The molecule has 0 bridgehead atoms. The normalized spacial score (nSPS) is 12.2. The van der Waals surface area contributed by atoms with E-state index in [9.17, 15) is 24.9 Å².